The molecule has 0 bridgehead atoms. The summed E-state index contributed by atoms with van der Waals surface area (Å²) in [5.41, 5.74) is 1.10. The fourth-order valence-electron chi connectivity index (χ4n) is 3.12. The van der Waals surface area contributed by atoms with E-state index < -0.39 is 0 Å². The second-order valence-corrected chi connectivity index (χ2v) is 6.16. The molecule has 2 aromatic rings. The van der Waals surface area contributed by atoms with Crippen LogP contribution < -0.4 is 0 Å². The summed E-state index contributed by atoms with van der Waals surface area (Å²) in [6, 6.07) is 6.09. The molecule has 5 heteroatoms. The summed E-state index contributed by atoms with van der Waals surface area (Å²) in [7, 11) is 0. The van der Waals surface area contributed by atoms with Crippen LogP contribution in [0.1, 0.15) is 37.7 Å². The highest BCUT2D eigenvalue weighted by atomic mass is 16.5. The number of hydrogen-bond acceptors (Lipinski definition) is 4. The van der Waals surface area contributed by atoms with Crippen LogP contribution >= 0.6 is 0 Å². The van der Waals surface area contributed by atoms with Crippen LogP contribution in [-0.4, -0.2) is 38.7 Å². The van der Waals surface area contributed by atoms with Crippen LogP contribution in [0.15, 0.2) is 36.8 Å². The lowest BCUT2D eigenvalue weighted by atomic mass is 10.2. The molecular formula is C18H26N4O. The van der Waals surface area contributed by atoms with Crippen molar-refractivity contribution in [2.24, 2.45) is 0 Å². The lowest BCUT2D eigenvalue weighted by molar-refractivity contribution is 0.0661. The predicted molar refractivity (Wildman–Crippen MR) is 89.8 cm³/mol. The molecule has 3 rings (SSSR count). The van der Waals surface area contributed by atoms with E-state index in [1.807, 2.05) is 24.5 Å². The highest BCUT2D eigenvalue weighted by Gasteiger charge is 2.21. The van der Waals surface area contributed by atoms with Crippen molar-refractivity contribution in [1.29, 1.82) is 0 Å². The molecule has 0 amide bonds. The number of ether oxygens (including phenoxy) is 1. The van der Waals surface area contributed by atoms with Gasteiger partial charge in [-0.05, 0) is 31.4 Å². The smallest absolute Gasteiger partial charge is 0.122 e. The molecule has 0 aliphatic carbocycles. The Morgan fingerprint density at radius 1 is 1.26 bits per heavy atom. The molecule has 3 heterocycles. The zero-order chi connectivity index (χ0) is 15.9. The Labute approximate surface area is 138 Å². The minimum Gasteiger partial charge on any atom is -0.377 e. The first-order valence-electron chi connectivity index (χ1n) is 8.59. The van der Waals surface area contributed by atoms with Crippen molar-refractivity contribution < 1.29 is 4.74 Å². The molecule has 23 heavy (non-hydrogen) atoms. The summed E-state index contributed by atoms with van der Waals surface area (Å²) >= 11 is 0. The van der Waals surface area contributed by atoms with Gasteiger partial charge in [-0.3, -0.25) is 9.88 Å². The second-order valence-electron chi connectivity index (χ2n) is 6.16. The fraction of sp³-hybridized carbons (Fsp3) is 0.556. The highest BCUT2D eigenvalue weighted by molar-refractivity contribution is 5.04. The standard InChI is InChI=1S/C18H26N4O/c1-2-10-22-11-9-20-18(22)15-21(14-17-7-5-12-23-17)13-16-6-3-4-8-19-16/h3-4,6,8-9,11,17H,2,5,7,10,12-15H2,1H3/t17-/m1/s1. The lowest BCUT2D eigenvalue weighted by Crippen LogP contribution is -2.32. The molecule has 1 fully saturated rings. The van der Waals surface area contributed by atoms with E-state index in [0.717, 1.165) is 57.1 Å². The summed E-state index contributed by atoms with van der Waals surface area (Å²) in [6.07, 6.45) is 9.62. The van der Waals surface area contributed by atoms with E-state index in [1.165, 1.54) is 6.42 Å². The van der Waals surface area contributed by atoms with Gasteiger partial charge in [-0.15, -0.1) is 0 Å². The molecule has 0 unspecified atom stereocenters. The summed E-state index contributed by atoms with van der Waals surface area (Å²) in [5.74, 6) is 1.13. The van der Waals surface area contributed by atoms with Crippen LogP contribution in [-0.2, 0) is 24.4 Å². The lowest BCUT2D eigenvalue weighted by Gasteiger charge is -2.25. The van der Waals surface area contributed by atoms with Gasteiger partial charge in [0.2, 0.25) is 0 Å². The Kier molecular flexibility index (Phi) is 5.77. The molecule has 0 saturated carbocycles. The normalized spacial score (nSPS) is 17.9. The Balaban J connectivity index is 1.69. The molecule has 5 nitrogen and oxygen atoms in total. The van der Waals surface area contributed by atoms with E-state index >= 15 is 0 Å². The third-order valence-electron chi connectivity index (χ3n) is 4.23. The van der Waals surface area contributed by atoms with E-state index in [2.05, 4.69) is 38.6 Å². The van der Waals surface area contributed by atoms with Gasteiger partial charge in [-0.2, -0.15) is 0 Å². The second kappa shape index (κ2) is 8.22. The van der Waals surface area contributed by atoms with Gasteiger partial charge in [0.05, 0.1) is 18.3 Å². The number of aryl methyl sites for hydroxylation is 1. The number of hydrogen-bond donors (Lipinski definition) is 0. The molecule has 0 spiro atoms. The Bertz CT molecular complexity index is 578. The van der Waals surface area contributed by atoms with Crippen molar-refractivity contribution in [3.8, 4) is 0 Å². The van der Waals surface area contributed by atoms with Gasteiger partial charge in [0.15, 0.2) is 0 Å². The van der Waals surface area contributed by atoms with Gasteiger partial charge in [0.25, 0.3) is 0 Å². The van der Waals surface area contributed by atoms with Gasteiger partial charge in [-0.25, -0.2) is 4.98 Å². The maximum absolute atomic E-state index is 5.83. The summed E-state index contributed by atoms with van der Waals surface area (Å²) in [4.78, 5) is 11.4. The van der Waals surface area contributed by atoms with Gasteiger partial charge in [0.1, 0.15) is 5.82 Å². The quantitative estimate of drug-likeness (QED) is 0.751. The zero-order valence-electron chi connectivity index (χ0n) is 13.9. The molecule has 0 aromatic carbocycles. The van der Waals surface area contributed by atoms with E-state index in [1.54, 1.807) is 0 Å². The van der Waals surface area contributed by atoms with Crippen LogP contribution in [0.25, 0.3) is 0 Å². The molecule has 2 aromatic heterocycles. The third-order valence-corrected chi connectivity index (χ3v) is 4.23. The molecule has 1 aliphatic rings. The van der Waals surface area contributed by atoms with Crippen molar-refractivity contribution in [2.45, 2.75) is 51.9 Å². The van der Waals surface area contributed by atoms with Crippen LogP contribution in [0.2, 0.25) is 0 Å². The molecule has 0 radical (unpaired) electrons. The molecule has 1 atom stereocenters. The Morgan fingerprint density at radius 3 is 2.96 bits per heavy atom. The highest BCUT2D eigenvalue weighted by Crippen LogP contribution is 2.16. The van der Waals surface area contributed by atoms with Crippen molar-refractivity contribution in [3.63, 3.8) is 0 Å². The van der Waals surface area contributed by atoms with E-state index in [0.29, 0.717) is 6.10 Å². The monoisotopic (exact) mass is 314 g/mol. The molecule has 1 saturated heterocycles. The number of imidazole rings is 1. The maximum Gasteiger partial charge on any atom is 0.122 e. The number of pyridine rings is 1. The van der Waals surface area contributed by atoms with Crippen molar-refractivity contribution >= 4 is 0 Å². The van der Waals surface area contributed by atoms with E-state index in [9.17, 15) is 0 Å². The summed E-state index contributed by atoms with van der Waals surface area (Å²) in [6.45, 7) is 6.72. The Morgan fingerprint density at radius 2 is 2.22 bits per heavy atom. The van der Waals surface area contributed by atoms with Crippen molar-refractivity contribution in [3.05, 3.63) is 48.3 Å². The van der Waals surface area contributed by atoms with Crippen molar-refractivity contribution in [2.75, 3.05) is 13.2 Å². The van der Waals surface area contributed by atoms with Crippen LogP contribution in [0, 0.1) is 0 Å². The molecule has 1 aliphatic heterocycles. The molecule has 0 N–H and O–H groups in total. The zero-order valence-corrected chi connectivity index (χ0v) is 13.9. The first-order chi connectivity index (χ1) is 11.3. The van der Waals surface area contributed by atoms with Gasteiger partial charge >= 0.3 is 0 Å². The summed E-state index contributed by atoms with van der Waals surface area (Å²) < 4.78 is 8.08. The van der Waals surface area contributed by atoms with E-state index in [-0.39, 0.29) is 0 Å². The average molecular weight is 314 g/mol. The van der Waals surface area contributed by atoms with Gasteiger partial charge in [-0.1, -0.05) is 13.0 Å². The minimum absolute atomic E-state index is 0.341. The predicted octanol–water partition coefficient (Wildman–Crippen LogP) is 2.87. The van der Waals surface area contributed by atoms with Gasteiger partial charge in [0, 0.05) is 44.8 Å². The topological polar surface area (TPSA) is 43.2 Å². The van der Waals surface area contributed by atoms with Crippen LogP contribution in [0.4, 0.5) is 0 Å². The average Bonchev–Trinajstić information content (AvgIpc) is 3.21. The molecular weight excluding hydrogens is 288 g/mol. The SMILES string of the molecule is CCCn1ccnc1CN(Cc1ccccn1)C[C@H]1CCCO1. The first-order valence-corrected chi connectivity index (χ1v) is 8.59. The molecule has 124 valence electrons. The van der Waals surface area contributed by atoms with Crippen LogP contribution in [0.3, 0.4) is 0 Å². The maximum atomic E-state index is 5.83. The number of rotatable bonds is 8. The number of nitrogens with zero attached hydrogens (tertiary/aromatic N) is 4. The first kappa shape index (κ1) is 16.1. The Hall–Kier alpha value is -1.72. The van der Waals surface area contributed by atoms with Crippen LogP contribution in [0.5, 0.6) is 0 Å². The minimum atomic E-state index is 0.341. The van der Waals surface area contributed by atoms with E-state index in [4.69, 9.17) is 4.74 Å². The largest absolute Gasteiger partial charge is 0.377 e. The van der Waals surface area contributed by atoms with Crippen molar-refractivity contribution in [1.82, 2.24) is 19.4 Å². The third kappa shape index (κ3) is 4.62. The number of aromatic nitrogens is 3. The van der Waals surface area contributed by atoms with Gasteiger partial charge < -0.3 is 9.30 Å². The summed E-state index contributed by atoms with van der Waals surface area (Å²) in [5, 5.41) is 0. The fourth-order valence-corrected chi connectivity index (χ4v) is 3.12.